The zero-order valence-corrected chi connectivity index (χ0v) is 15.3. The molecule has 4 nitrogen and oxygen atoms in total. The van der Waals surface area contributed by atoms with E-state index in [9.17, 15) is 0 Å². The van der Waals surface area contributed by atoms with Gasteiger partial charge >= 0.3 is 0 Å². The van der Waals surface area contributed by atoms with Crippen LogP contribution in [0.15, 0.2) is 35.7 Å². The molecule has 0 aliphatic carbocycles. The molecule has 2 rings (SSSR count). The van der Waals surface area contributed by atoms with Gasteiger partial charge in [-0.2, -0.15) is 0 Å². The number of aromatic nitrogens is 1. The van der Waals surface area contributed by atoms with Crippen LogP contribution in [0.2, 0.25) is 0 Å². The number of anilines is 2. The molecule has 0 aliphatic heterocycles. The van der Waals surface area contributed by atoms with Crippen molar-refractivity contribution in [2.24, 2.45) is 22.3 Å². The molecular formula is C18H28N4S. The van der Waals surface area contributed by atoms with Crippen molar-refractivity contribution in [1.82, 2.24) is 4.98 Å². The van der Waals surface area contributed by atoms with Crippen molar-refractivity contribution in [2.75, 3.05) is 11.9 Å². The molecule has 0 saturated carbocycles. The SMILES string of the molecule is CC(C)(CN)CC(C)(C)[C@H](N)c1csc(Nc2ccccc2)n1. The highest BCUT2D eigenvalue weighted by Crippen LogP contribution is 2.41. The van der Waals surface area contributed by atoms with Crippen molar-refractivity contribution < 1.29 is 0 Å². The number of rotatable bonds is 7. The van der Waals surface area contributed by atoms with Crippen LogP contribution >= 0.6 is 11.3 Å². The third kappa shape index (κ3) is 4.77. The predicted octanol–water partition coefficient (Wildman–Crippen LogP) is 4.29. The molecule has 126 valence electrons. The van der Waals surface area contributed by atoms with E-state index in [1.54, 1.807) is 11.3 Å². The topological polar surface area (TPSA) is 77.0 Å². The monoisotopic (exact) mass is 332 g/mol. The number of thiazole rings is 1. The first-order valence-corrected chi connectivity index (χ1v) is 8.85. The summed E-state index contributed by atoms with van der Waals surface area (Å²) >= 11 is 1.59. The molecule has 0 unspecified atom stereocenters. The summed E-state index contributed by atoms with van der Waals surface area (Å²) < 4.78 is 0. The smallest absolute Gasteiger partial charge is 0.187 e. The van der Waals surface area contributed by atoms with E-state index in [0.717, 1.165) is 22.9 Å². The van der Waals surface area contributed by atoms with Crippen LogP contribution in [-0.4, -0.2) is 11.5 Å². The van der Waals surface area contributed by atoms with E-state index in [4.69, 9.17) is 11.5 Å². The molecule has 2 aromatic rings. The number of para-hydroxylation sites is 1. The summed E-state index contributed by atoms with van der Waals surface area (Å²) in [5.41, 5.74) is 14.4. The van der Waals surface area contributed by atoms with Gasteiger partial charge < -0.3 is 16.8 Å². The van der Waals surface area contributed by atoms with Crippen LogP contribution < -0.4 is 16.8 Å². The fourth-order valence-electron chi connectivity index (χ4n) is 2.95. The van der Waals surface area contributed by atoms with Crippen molar-refractivity contribution in [3.8, 4) is 0 Å². The van der Waals surface area contributed by atoms with Gasteiger partial charge in [-0.15, -0.1) is 11.3 Å². The summed E-state index contributed by atoms with van der Waals surface area (Å²) in [7, 11) is 0. The van der Waals surface area contributed by atoms with Gasteiger partial charge in [-0.25, -0.2) is 4.98 Å². The molecule has 1 aromatic carbocycles. The number of hydrogen-bond donors (Lipinski definition) is 3. The molecule has 0 fully saturated rings. The van der Waals surface area contributed by atoms with E-state index >= 15 is 0 Å². The average molecular weight is 333 g/mol. The Morgan fingerprint density at radius 2 is 1.83 bits per heavy atom. The maximum atomic E-state index is 6.52. The molecule has 0 saturated heterocycles. The molecule has 5 N–H and O–H groups in total. The Bertz CT molecular complexity index is 619. The van der Waals surface area contributed by atoms with Crippen molar-refractivity contribution in [1.29, 1.82) is 0 Å². The van der Waals surface area contributed by atoms with Crippen LogP contribution in [-0.2, 0) is 0 Å². The Morgan fingerprint density at radius 3 is 2.43 bits per heavy atom. The van der Waals surface area contributed by atoms with Crippen LogP contribution in [0.1, 0.15) is 45.9 Å². The Hall–Kier alpha value is -1.43. The third-order valence-electron chi connectivity index (χ3n) is 4.19. The van der Waals surface area contributed by atoms with Crippen LogP contribution in [0, 0.1) is 10.8 Å². The minimum Gasteiger partial charge on any atom is -0.332 e. The van der Waals surface area contributed by atoms with Gasteiger partial charge in [-0.1, -0.05) is 45.9 Å². The molecule has 1 heterocycles. The molecule has 5 heteroatoms. The Morgan fingerprint density at radius 1 is 1.17 bits per heavy atom. The summed E-state index contributed by atoms with van der Waals surface area (Å²) in [6, 6.07) is 9.93. The van der Waals surface area contributed by atoms with Gasteiger partial charge in [0.15, 0.2) is 5.13 Å². The van der Waals surface area contributed by atoms with Gasteiger partial charge in [-0.05, 0) is 35.9 Å². The minimum absolute atomic E-state index is 0.0685. The van der Waals surface area contributed by atoms with Gasteiger partial charge in [0.25, 0.3) is 0 Å². The van der Waals surface area contributed by atoms with Crippen LogP contribution in [0.5, 0.6) is 0 Å². The highest BCUT2D eigenvalue weighted by Gasteiger charge is 2.34. The van der Waals surface area contributed by atoms with E-state index in [1.165, 1.54) is 0 Å². The predicted molar refractivity (Wildman–Crippen MR) is 100 cm³/mol. The largest absolute Gasteiger partial charge is 0.332 e. The lowest BCUT2D eigenvalue weighted by molar-refractivity contribution is 0.165. The first-order valence-electron chi connectivity index (χ1n) is 7.97. The second-order valence-electron chi connectivity index (χ2n) is 7.58. The number of nitrogens with two attached hydrogens (primary N) is 2. The highest BCUT2D eigenvalue weighted by atomic mass is 32.1. The second-order valence-corrected chi connectivity index (χ2v) is 8.44. The standard InChI is InChI=1S/C18H28N4S/c1-17(2,12-19)11-18(3,4)15(20)14-10-23-16(22-14)21-13-8-6-5-7-9-13/h5-10,15H,11-12,19-20H2,1-4H3,(H,21,22)/t15-/m1/s1. The van der Waals surface area contributed by atoms with Crippen LogP contribution in [0.25, 0.3) is 0 Å². The summed E-state index contributed by atoms with van der Waals surface area (Å²) in [5.74, 6) is 0. The molecule has 0 amide bonds. The zero-order chi connectivity index (χ0) is 17.1. The Labute approximate surface area is 143 Å². The number of nitrogens with one attached hydrogen (secondary N) is 1. The fourth-order valence-corrected chi connectivity index (χ4v) is 3.71. The number of nitrogens with zero attached hydrogens (tertiary/aromatic N) is 1. The van der Waals surface area contributed by atoms with Gasteiger partial charge in [0, 0.05) is 11.1 Å². The van der Waals surface area contributed by atoms with E-state index in [1.807, 2.05) is 35.7 Å². The second kappa shape index (κ2) is 6.99. The lowest BCUT2D eigenvalue weighted by atomic mass is 9.70. The van der Waals surface area contributed by atoms with Gasteiger partial charge in [0.05, 0.1) is 11.7 Å². The maximum absolute atomic E-state index is 6.52. The normalized spacial score (nSPS) is 13.8. The molecule has 0 radical (unpaired) electrons. The van der Waals surface area contributed by atoms with Gasteiger partial charge in [0.1, 0.15) is 0 Å². The Kier molecular flexibility index (Phi) is 5.45. The van der Waals surface area contributed by atoms with Crippen molar-refractivity contribution in [3.05, 3.63) is 41.4 Å². The van der Waals surface area contributed by atoms with Crippen molar-refractivity contribution in [3.63, 3.8) is 0 Å². The molecular weight excluding hydrogens is 304 g/mol. The average Bonchev–Trinajstić information content (AvgIpc) is 2.95. The van der Waals surface area contributed by atoms with E-state index in [0.29, 0.717) is 6.54 Å². The summed E-state index contributed by atoms with van der Waals surface area (Å²) in [5, 5.41) is 6.24. The summed E-state index contributed by atoms with van der Waals surface area (Å²) in [6.45, 7) is 9.41. The van der Waals surface area contributed by atoms with E-state index in [2.05, 4.69) is 38.0 Å². The first-order chi connectivity index (χ1) is 10.7. The number of benzene rings is 1. The molecule has 1 atom stereocenters. The van der Waals surface area contributed by atoms with Crippen LogP contribution in [0.4, 0.5) is 10.8 Å². The van der Waals surface area contributed by atoms with Gasteiger partial charge in [0.2, 0.25) is 0 Å². The molecule has 23 heavy (non-hydrogen) atoms. The summed E-state index contributed by atoms with van der Waals surface area (Å²) in [4.78, 5) is 4.68. The van der Waals surface area contributed by atoms with E-state index in [-0.39, 0.29) is 16.9 Å². The third-order valence-corrected chi connectivity index (χ3v) is 4.97. The van der Waals surface area contributed by atoms with Crippen molar-refractivity contribution >= 4 is 22.2 Å². The zero-order valence-electron chi connectivity index (χ0n) is 14.5. The fraction of sp³-hybridized carbons (Fsp3) is 0.500. The quantitative estimate of drug-likeness (QED) is 0.707. The summed E-state index contributed by atoms with van der Waals surface area (Å²) in [6.07, 6.45) is 0.955. The lowest BCUT2D eigenvalue weighted by Crippen LogP contribution is -2.37. The molecule has 0 aliphatic rings. The maximum Gasteiger partial charge on any atom is 0.187 e. The highest BCUT2D eigenvalue weighted by molar-refractivity contribution is 7.13. The number of hydrogen-bond acceptors (Lipinski definition) is 5. The molecule has 0 bridgehead atoms. The Balaban J connectivity index is 2.09. The molecule has 1 aromatic heterocycles. The van der Waals surface area contributed by atoms with Crippen molar-refractivity contribution in [2.45, 2.75) is 40.2 Å². The first kappa shape index (κ1) is 17.9. The van der Waals surface area contributed by atoms with E-state index < -0.39 is 0 Å². The molecule has 0 spiro atoms. The lowest BCUT2D eigenvalue weighted by Gasteiger charge is -2.37. The van der Waals surface area contributed by atoms with Gasteiger partial charge in [-0.3, -0.25) is 0 Å². The van der Waals surface area contributed by atoms with Crippen LogP contribution in [0.3, 0.4) is 0 Å². The minimum atomic E-state index is -0.115.